The van der Waals surface area contributed by atoms with Crippen molar-refractivity contribution in [3.8, 4) is 0 Å². The molecule has 0 atom stereocenters. The van der Waals surface area contributed by atoms with Gasteiger partial charge in [0.05, 0.1) is 0 Å². The second kappa shape index (κ2) is 19.5. The van der Waals surface area contributed by atoms with E-state index in [1.54, 1.807) is 5.30 Å². The van der Waals surface area contributed by atoms with Crippen LogP contribution in [0.25, 0.3) is 10.8 Å². The fourth-order valence-electron chi connectivity index (χ4n) is 3.61. The third-order valence-electron chi connectivity index (χ3n) is 5.51. The molecule has 0 nitrogen and oxygen atoms in total. The van der Waals surface area contributed by atoms with Gasteiger partial charge in [-0.25, -0.2) is 11.1 Å². The Labute approximate surface area is 220 Å². The molecule has 0 amide bonds. The Morgan fingerprint density at radius 3 is 2.06 bits per heavy atom. The number of rotatable bonds is 10. The first-order chi connectivity index (χ1) is 13.7. The number of hydrogen-bond acceptors (Lipinski definition) is 0. The van der Waals surface area contributed by atoms with Crippen molar-refractivity contribution < 1.29 is 46.5 Å². The van der Waals surface area contributed by atoms with E-state index in [-0.39, 0.29) is 54.5 Å². The van der Waals surface area contributed by atoms with Crippen LogP contribution in [0.5, 0.6) is 0 Å². The van der Waals surface area contributed by atoms with Gasteiger partial charge in [-0.3, -0.25) is 6.08 Å². The van der Waals surface area contributed by atoms with Gasteiger partial charge in [0.25, 0.3) is 0 Å². The summed E-state index contributed by atoms with van der Waals surface area (Å²) in [4.78, 5) is 0. The van der Waals surface area contributed by atoms with Gasteiger partial charge in [0.15, 0.2) is 0 Å². The Hall–Kier alpha value is 0.0343. The number of fused-ring (bicyclic) bond motifs is 1. The van der Waals surface area contributed by atoms with E-state index in [4.69, 9.17) is 0 Å². The van der Waals surface area contributed by atoms with E-state index in [9.17, 15) is 0 Å². The molecule has 0 saturated carbocycles. The number of hydrogen-bond donors (Lipinski definition) is 0. The summed E-state index contributed by atoms with van der Waals surface area (Å²) >= 11 is 0. The summed E-state index contributed by atoms with van der Waals surface area (Å²) in [5.74, 6) is 0. The maximum absolute atomic E-state index is 3.37. The van der Waals surface area contributed by atoms with Crippen molar-refractivity contribution in [2.45, 2.75) is 79.1 Å². The Bertz CT molecular complexity index is 722. The SMILES string of the molecule is CCCCC1=[C-]CC=C1C.CCCCP(CCCC)c1cc2ccccc2[cH-]1.[Cl-].[Cl-].[Ti+4]. The molecule has 0 unspecified atom stereocenters. The van der Waals surface area contributed by atoms with Crippen molar-refractivity contribution in [1.29, 1.82) is 0 Å². The van der Waals surface area contributed by atoms with Gasteiger partial charge < -0.3 is 24.8 Å². The fourth-order valence-corrected chi connectivity index (χ4v) is 6.39. The van der Waals surface area contributed by atoms with Crippen LogP contribution in [0.3, 0.4) is 0 Å². The Kier molecular flexibility index (Phi) is 20.9. The smallest absolute Gasteiger partial charge is 1.00 e. The zero-order valence-electron chi connectivity index (χ0n) is 19.8. The molecule has 2 aromatic carbocycles. The molecule has 0 fully saturated rings. The van der Waals surface area contributed by atoms with Crippen LogP contribution >= 0.6 is 7.92 Å². The average molecular weight is 513 g/mol. The minimum Gasteiger partial charge on any atom is -1.00 e. The molecule has 3 rings (SSSR count). The van der Waals surface area contributed by atoms with Crippen molar-refractivity contribution in [2.24, 2.45) is 0 Å². The second-order valence-electron chi connectivity index (χ2n) is 7.89. The first-order valence-corrected chi connectivity index (χ1v) is 13.1. The quantitative estimate of drug-likeness (QED) is 0.261. The summed E-state index contributed by atoms with van der Waals surface area (Å²) in [5, 5.41) is 4.48. The predicted molar refractivity (Wildman–Crippen MR) is 130 cm³/mol. The molecule has 31 heavy (non-hydrogen) atoms. The van der Waals surface area contributed by atoms with Gasteiger partial charge in [0, 0.05) is 0 Å². The van der Waals surface area contributed by atoms with E-state index >= 15 is 0 Å². The van der Waals surface area contributed by atoms with Crippen LogP contribution in [0.2, 0.25) is 0 Å². The van der Waals surface area contributed by atoms with Crippen molar-refractivity contribution in [3.05, 3.63) is 59.7 Å². The van der Waals surface area contributed by atoms with Gasteiger partial charge in [-0.1, -0.05) is 66.9 Å². The van der Waals surface area contributed by atoms with Gasteiger partial charge in [-0.05, 0) is 25.2 Å². The Morgan fingerprint density at radius 2 is 1.55 bits per heavy atom. The monoisotopic (exact) mass is 512 g/mol. The number of halogens is 2. The molecular formula is C27H39Cl2PTi. The fraction of sp³-hybridized carbons (Fsp3) is 0.519. The minimum atomic E-state index is 0. The molecule has 1 aliphatic carbocycles. The van der Waals surface area contributed by atoms with E-state index < -0.39 is 0 Å². The zero-order valence-corrected chi connectivity index (χ0v) is 23.8. The van der Waals surface area contributed by atoms with E-state index in [0.717, 1.165) is 6.42 Å². The molecule has 0 bridgehead atoms. The molecule has 0 spiro atoms. The van der Waals surface area contributed by atoms with Crippen LogP contribution in [-0.2, 0) is 21.7 Å². The number of benzene rings is 1. The van der Waals surface area contributed by atoms with Crippen molar-refractivity contribution in [1.82, 2.24) is 0 Å². The molecule has 170 valence electrons. The van der Waals surface area contributed by atoms with Crippen LogP contribution in [0, 0.1) is 6.08 Å². The summed E-state index contributed by atoms with van der Waals surface area (Å²) in [6, 6.07) is 13.6. The standard InChI is InChI=1S/C17H24P.C10H15.2ClH.Ti/c1-3-5-11-18(12-6-4-2)17-13-15-9-7-8-10-16(15)14-17;1-3-4-7-10-8-5-6-9(10)2;;;/h7-10,13-14H,3-6,11-12H2,1-2H3;6H,3-5,7H2,1-2H3;2*1H;/q2*-1;;;+4/p-2. The third-order valence-corrected chi connectivity index (χ3v) is 8.21. The van der Waals surface area contributed by atoms with Gasteiger partial charge >= 0.3 is 21.7 Å². The zero-order chi connectivity index (χ0) is 20.2. The average Bonchev–Trinajstić information content (AvgIpc) is 3.32. The van der Waals surface area contributed by atoms with Crippen LogP contribution in [0.15, 0.2) is 53.6 Å². The molecule has 0 saturated heterocycles. The van der Waals surface area contributed by atoms with Crippen molar-refractivity contribution in [3.63, 3.8) is 0 Å². The van der Waals surface area contributed by atoms with Crippen LogP contribution in [0.4, 0.5) is 0 Å². The Morgan fingerprint density at radius 1 is 0.935 bits per heavy atom. The maximum atomic E-state index is 3.37. The van der Waals surface area contributed by atoms with Crippen LogP contribution in [-0.4, -0.2) is 12.3 Å². The summed E-state index contributed by atoms with van der Waals surface area (Å²) in [6.45, 7) is 9.02. The normalized spacial score (nSPS) is 12.2. The first kappa shape index (κ1) is 33.2. The van der Waals surface area contributed by atoms with Gasteiger partial charge in [0.1, 0.15) is 0 Å². The Balaban J connectivity index is 0. The van der Waals surface area contributed by atoms with Crippen LogP contribution < -0.4 is 30.1 Å². The van der Waals surface area contributed by atoms with Gasteiger partial charge in [0.2, 0.25) is 0 Å². The van der Waals surface area contributed by atoms with Gasteiger partial charge in [-0.2, -0.15) is 12.1 Å². The maximum Gasteiger partial charge on any atom is 4.00 e. The molecule has 0 N–H and O–H groups in total. The van der Waals surface area contributed by atoms with E-state index in [0.29, 0.717) is 0 Å². The molecule has 0 aliphatic heterocycles. The number of unbranched alkanes of at least 4 members (excludes halogenated alkanes) is 3. The molecule has 0 aromatic heterocycles. The van der Waals surface area contributed by atoms with Gasteiger partial charge in [-0.15, -0.1) is 53.7 Å². The third kappa shape index (κ3) is 11.6. The van der Waals surface area contributed by atoms with E-state index in [2.05, 4.69) is 76.2 Å². The molecule has 0 heterocycles. The topological polar surface area (TPSA) is 0 Å². The summed E-state index contributed by atoms with van der Waals surface area (Å²) in [7, 11) is 0.0856. The summed E-state index contributed by atoms with van der Waals surface area (Å²) < 4.78 is 0. The predicted octanol–water partition coefficient (Wildman–Crippen LogP) is 2.53. The minimum absolute atomic E-state index is 0. The largest absolute Gasteiger partial charge is 4.00 e. The molecule has 0 radical (unpaired) electrons. The van der Waals surface area contributed by atoms with Crippen molar-refractivity contribution >= 4 is 24.0 Å². The van der Waals surface area contributed by atoms with Crippen LogP contribution in [0.1, 0.15) is 79.1 Å². The van der Waals surface area contributed by atoms with E-state index in [1.165, 1.54) is 79.2 Å². The summed E-state index contributed by atoms with van der Waals surface area (Å²) in [5.41, 5.74) is 2.91. The molecule has 2 aromatic rings. The first-order valence-electron chi connectivity index (χ1n) is 11.4. The summed E-state index contributed by atoms with van der Waals surface area (Å²) in [6.07, 6.45) is 18.8. The van der Waals surface area contributed by atoms with E-state index in [1.807, 2.05) is 0 Å². The molecule has 4 heteroatoms. The van der Waals surface area contributed by atoms with Crippen molar-refractivity contribution in [2.75, 3.05) is 12.3 Å². The molecule has 1 aliphatic rings. The number of allylic oxidation sites excluding steroid dienone is 4. The molecular weight excluding hydrogens is 474 g/mol. The second-order valence-corrected chi connectivity index (χ2v) is 10.4.